The van der Waals surface area contributed by atoms with Gasteiger partial charge in [-0.25, -0.2) is 23.9 Å². The standard InChI is InChI=1S/C7H13N3O2/c1-3-4-5-10-7(12)9(2)6(11)8-10/h3-5H2,1-2H3,(H,8,11). The summed E-state index contributed by atoms with van der Waals surface area (Å²) < 4.78 is 2.40. The van der Waals surface area contributed by atoms with Crippen LogP contribution < -0.4 is 11.4 Å². The van der Waals surface area contributed by atoms with Crippen LogP contribution >= 0.6 is 0 Å². The molecule has 0 aromatic carbocycles. The predicted molar refractivity (Wildman–Crippen MR) is 45.2 cm³/mol. The Hall–Kier alpha value is -1.26. The zero-order valence-electron chi connectivity index (χ0n) is 7.33. The Kier molecular flexibility index (Phi) is 2.52. The highest BCUT2D eigenvalue weighted by Gasteiger charge is 2.02. The van der Waals surface area contributed by atoms with E-state index in [-0.39, 0.29) is 11.4 Å². The second-order valence-electron chi connectivity index (χ2n) is 2.76. The first-order chi connectivity index (χ1) is 5.66. The van der Waals surface area contributed by atoms with Gasteiger partial charge in [-0.05, 0) is 6.42 Å². The van der Waals surface area contributed by atoms with E-state index in [1.807, 2.05) is 6.92 Å². The molecule has 0 atom stereocenters. The highest BCUT2D eigenvalue weighted by molar-refractivity contribution is 4.66. The van der Waals surface area contributed by atoms with Crippen LogP contribution in [0.5, 0.6) is 0 Å². The molecule has 1 heterocycles. The zero-order chi connectivity index (χ0) is 9.14. The van der Waals surface area contributed by atoms with Gasteiger partial charge in [-0.3, -0.25) is 0 Å². The second kappa shape index (κ2) is 3.42. The van der Waals surface area contributed by atoms with Crippen LogP contribution in [0.1, 0.15) is 19.8 Å². The molecule has 12 heavy (non-hydrogen) atoms. The summed E-state index contributed by atoms with van der Waals surface area (Å²) in [5.74, 6) is 0. The molecule has 0 saturated heterocycles. The van der Waals surface area contributed by atoms with Crippen LogP contribution in [0.15, 0.2) is 9.59 Å². The van der Waals surface area contributed by atoms with Gasteiger partial charge in [0.25, 0.3) is 0 Å². The lowest BCUT2D eigenvalue weighted by atomic mass is 10.3. The van der Waals surface area contributed by atoms with Crippen molar-refractivity contribution in [1.82, 2.24) is 14.3 Å². The van der Waals surface area contributed by atoms with E-state index in [0.29, 0.717) is 6.54 Å². The number of aryl methyl sites for hydroxylation is 1. The monoisotopic (exact) mass is 171 g/mol. The second-order valence-corrected chi connectivity index (χ2v) is 2.76. The predicted octanol–water partition coefficient (Wildman–Crippen LogP) is -0.325. The van der Waals surface area contributed by atoms with Crippen molar-refractivity contribution in [1.29, 1.82) is 0 Å². The highest BCUT2D eigenvalue weighted by atomic mass is 16.2. The van der Waals surface area contributed by atoms with Gasteiger partial charge in [0.2, 0.25) is 0 Å². The number of nitrogens with zero attached hydrogens (tertiary/aromatic N) is 2. The van der Waals surface area contributed by atoms with Crippen LogP contribution in [-0.4, -0.2) is 14.3 Å². The molecule has 0 saturated carbocycles. The van der Waals surface area contributed by atoms with Crippen LogP contribution in [0, 0.1) is 0 Å². The third kappa shape index (κ3) is 1.49. The Morgan fingerprint density at radius 1 is 1.42 bits per heavy atom. The zero-order valence-corrected chi connectivity index (χ0v) is 7.33. The van der Waals surface area contributed by atoms with Gasteiger partial charge < -0.3 is 0 Å². The molecule has 0 spiro atoms. The Morgan fingerprint density at radius 3 is 2.50 bits per heavy atom. The topological polar surface area (TPSA) is 59.8 Å². The maximum absolute atomic E-state index is 11.2. The van der Waals surface area contributed by atoms with Gasteiger partial charge in [-0.2, -0.15) is 0 Å². The third-order valence-corrected chi connectivity index (χ3v) is 1.79. The maximum Gasteiger partial charge on any atom is 0.346 e. The highest BCUT2D eigenvalue weighted by Crippen LogP contribution is 1.86. The summed E-state index contributed by atoms with van der Waals surface area (Å²) in [7, 11) is 1.46. The molecule has 0 aliphatic rings. The number of aromatic nitrogens is 3. The summed E-state index contributed by atoms with van der Waals surface area (Å²) in [4.78, 5) is 22.1. The first-order valence-electron chi connectivity index (χ1n) is 4.02. The van der Waals surface area contributed by atoms with Gasteiger partial charge >= 0.3 is 11.4 Å². The fourth-order valence-corrected chi connectivity index (χ4v) is 0.974. The van der Waals surface area contributed by atoms with Gasteiger partial charge in [0.05, 0.1) is 0 Å². The Morgan fingerprint density at radius 2 is 2.08 bits per heavy atom. The minimum Gasteiger partial charge on any atom is -0.246 e. The fourth-order valence-electron chi connectivity index (χ4n) is 0.974. The molecule has 0 unspecified atom stereocenters. The molecule has 5 nitrogen and oxygen atoms in total. The SMILES string of the molecule is CCCCn1[nH]c(=O)n(C)c1=O. The molecule has 5 heteroatoms. The van der Waals surface area contributed by atoms with Gasteiger partial charge in [-0.1, -0.05) is 13.3 Å². The summed E-state index contributed by atoms with van der Waals surface area (Å²) in [5.41, 5.74) is -0.621. The lowest BCUT2D eigenvalue weighted by Gasteiger charge is -1.95. The van der Waals surface area contributed by atoms with E-state index in [1.54, 1.807) is 0 Å². The van der Waals surface area contributed by atoms with Crippen LogP contribution in [0.2, 0.25) is 0 Å². The van der Waals surface area contributed by atoms with E-state index < -0.39 is 0 Å². The molecule has 1 rings (SSSR count). The molecule has 0 aliphatic heterocycles. The first kappa shape index (κ1) is 8.83. The molecule has 0 bridgehead atoms. The van der Waals surface area contributed by atoms with Crippen molar-refractivity contribution in [3.8, 4) is 0 Å². The van der Waals surface area contributed by atoms with Crippen LogP contribution in [0.3, 0.4) is 0 Å². The molecular formula is C7H13N3O2. The van der Waals surface area contributed by atoms with Gasteiger partial charge in [-0.15, -0.1) is 0 Å². The third-order valence-electron chi connectivity index (χ3n) is 1.79. The average molecular weight is 171 g/mol. The molecule has 1 aromatic rings. The largest absolute Gasteiger partial charge is 0.346 e. The molecule has 0 amide bonds. The normalized spacial score (nSPS) is 10.5. The summed E-state index contributed by atoms with van der Waals surface area (Å²) >= 11 is 0. The molecule has 0 fully saturated rings. The van der Waals surface area contributed by atoms with Crippen molar-refractivity contribution >= 4 is 0 Å². The van der Waals surface area contributed by atoms with Gasteiger partial charge in [0.1, 0.15) is 0 Å². The molecule has 1 aromatic heterocycles. The molecular weight excluding hydrogens is 158 g/mol. The molecule has 0 radical (unpaired) electrons. The van der Waals surface area contributed by atoms with E-state index in [2.05, 4.69) is 5.10 Å². The summed E-state index contributed by atoms with van der Waals surface area (Å²) in [6, 6.07) is 0. The van der Waals surface area contributed by atoms with Crippen molar-refractivity contribution in [2.24, 2.45) is 7.05 Å². The molecule has 1 N–H and O–H groups in total. The van der Waals surface area contributed by atoms with E-state index in [1.165, 1.54) is 11.7 Å². The number of H-pyrrole nitrogens is 1. The van der Waals surface area contributed by atoms with Crippen LogP contribution in [0.4, 0.5) is 0 Å². The summed E-state index contributed by atoms with van der Waals surface area (Å²) in [6.45, 7) is 2.62. The van der Waals surface area contributed by atoms with Crippen molar-refractivity contribution in [2.75, 3.05) is 0 Å². The minimum atomic E-state index is -0.351. The number of rotatable bonds is 3. The van der Waals surface area contributed by atoms with Crippen molar-refractivity contribution in [3.05, 3.63) is 21.0 Å². The number of hydrogen-bond donors (Lipinski definition) is 1. The smallest absolute Gasteiger partial charge is 0.246 e. The molecule has 0 aliphatic carbocycles. The number of aromatic amines is 1. The van der Waals surface area contributed by atoms with Gasteiger partial charge in [0, 0.05) is 13.6 Å². The van der Waals surface area contributed by atoms with E-state index in [9.17, 15) is 9.59 Å². The van der Waals surface area contributed by atoms with Crippen molar-refractivity contribution < 1.29 is 0 Å². The Balaban J connectivity index is 2.94. The number of nitrogens with one attached hydrogen (secondary N) is 1. The van der Waals surface area contributed by atoms with E-state index in [4.69, 9.17) is 0 Å². The summed E-state index contributed by atoms with van der Waals surface area (Å²) in [5, 5.41) is 2.46. The van der Waals surface area contributed by atoms with Crippen LogP contribution in [-0.2, 0) is 13.6 Å². The number of hydrogen-bond acceptors (Lipinski definition) is 2. The fraction of sp³-hybridized carbons (Fsp3) is 0.714. The lowest BCUT2D eigenvalue weighted by Crippen LogP contribution is -2.25. The van der Waals surface area contributed by atoms with Crippen LogP contribution in [0.25, 0.3) is 0 Å². The quantitative estimate of drug-likeness (QED) is 0.677. The summed E-state index contributed by atoms with van der Waals surface area (Å²) in [6.07, 6.45) is 1.91. The van der Waals surface area contributed by atoms with E-state index in [0.717, 1.165) is 17.4 Å². The lowest BCUT2D eigenvalue weighted by molar-refractivity contribution is 0.547. The number of unbranched alkanes of at least 4 members (excludes halogenated alkanes) is 1. The Bertz CT molecular complexity index is 357. The Labute approximate surface area is 69.6 Å². The van der Waals surface area contributed by atoms with Crippen molar-refractivity contribution in [3.63, 3.8) is 0 Å². The maximum atomic E-state index is 11.2. The van der Waals surface area contributed by atoms with E-state index >= 15 is 0 Å². The minimum absolute atomic E-state index is 0.270. The molecule has 68 valence electrons. The first-order valence-corrected chi connectivity index (χ1v) is 4.02. The van der Waals surface area contributed by atoms with Gasteiger partial charge in [0.15, 0.2) is 0 Å². The van der Waals surface area contributed by atoms with Crippen molar-refractivity contribution in [2.45, 2.75) is 26.3 Å². The average Bonchev–Trinajstić information content (AvgIpc) is 2.30.